The van der Waals surface area contributed by atoms with Gasteiger partial charge in [-0.15, -0.1) is 0 Å². The molecule has 1 unspecified atom stereocenters. The van der Waals surface area contributed by atoms with Crippen LogP contribution in [0.5, 0.6) is 0 Å². The Balaban J connectivity index is 1.51. The third-order valence-corrected chi connectivity index (χ3v) is 4.67. The monoisotopic (exact) mass is 292 g/mol. The molecule has 0 bridgehead atoms. The predicted molar refractivity (Wildman–Crippen MR) is 81.0 cm³/mol. The number of carbonyl (C=O) groups excluding carboxylic acids is 1. The van der Waals surface area contributed by atoms with Crippen LogP contribution in [0, 0.1) is 0 Å². The van der Waals surface area contributed by atoms with Crippen LogP contribution in [0.25, 0.3) is 0 Å². The van der Waals surface area contributed by atoms with Crippen molar-refractivity contribution in [2.75, 3.05) is 6.54 Å². The Labute approximate surface area is 125 Å². The molecule has 1 amide bonds. The quantitative estimate of drug-likeness (QED) is 0.899. The van der Waals surface area contributed by atoms with E-state index in [4.69, 9.17) is 11.6 Å². The third kappa shape index (κ3) is 3.15. The molecule has 2 fully saturated rings. The second-order valence-electron chi connectivity index (χ2n) is 5.93. The van der Waals surface area contributed by atoms with Crippen molar-refractivity contribution in [3.8, 4) is 0 Å². The zero-order valence-corrected chi connectivity index (χ0v) is 12.3. The third-order valence-electron chi connectivity index (χ3n) is 4.43. The highest BCUT2D eigenvalue weighted by molar-refractivity contribution is 6.30. The molecule has 1 aliphatic heterocycles. The van der Waals surface area contributed by atoms with Crippen molar-refractivity contribution in [3.05, 3.63) is 34.9 Å². The lowest BCUT2D eigenvalue weighted by Crippen LogP contribution is -2.51. The number of nitrogens with one attached hydrogen (secondary N) is 2. The van der Waals surface area contributed by atoms with E-state index in [1.807, 2.05) is 12.1 Å². The van der Waals surface area contributed by atoms with Crippen LogP contribution in [-0.2, 0) is 4.79 Å². The molecule has 1 aromatic rings. The highest BCUT2D eigenvalue weighted by atomic mass is 35.5. The number of carbonyl (C=O) groups is 1. The maximum absolute atomic E-state index is 11.9. The summed E-state index contributed by atoms with van der Waals surface area (Å²) in [6.07, 6.45) is 5.39. The average molecular weight is 293 g/mol. The van der Waals surface area contributed by atoms with Gasteiger partial charge in [-0.3, -0.25) is 4.79 Å². The molecule has 1 aliphatic carbocycles. The number of rotatable bonds is 3. The van der Waals surface area contributed by atoms with E-state index in [1.165, 1.54) is 5.56 Å². The zero-order valence-electron chi connectivity index (χ0n) is 11.6. The largest absolute Gasteiger partial charge is 0.355 e. The van der Waals surface area contributed by atoms with E-state index in [-0.39, 0.29) is 11.9 Å². The summed E-state index contributed by atoms with van der Waals surface area (Å²) in [5, 5.41) is 7.30. The number of halogens is 1. The van der Waals surface area contributed by atoms with Crippen molar-refractivity contribution in [2.45, 2.75) is 50.1 Å². The Bertz CT molecular complexity index is 485. The smallest absolute Gasteiger partial charge is 0.237 e. The lowest BCUT2D eigenvalue weighted by atomic mass is 9.75. The molecule has 2 N–H and O–H groups in total. The summed E-state index contributed by atoms with van der Waals surface area (Å²) in [5.41, 5.74) is 1.32. The fourth-order valence-electron chi connectivity index (χ4n) is 3.17. The Morgan fingerprint density at radius 2 is 2.10 bits per heavy atom. The Kier molecular flexibility index (Phi) is 4.27. The van der Waals surface area contributed by atoms with E-state index in [1.54, 1.807) is 0 Å². The van der Waals surface area contributed by atoms with Crippen molar-refractivity contribution >= 4 is 17.5 Å². The number of hydrogen-bond acceptors (Lipinski definition) is 2. The topological polar surface area (TPSA) is 41.1 Å². The minimum absolute atomic E-state index is 0.00260. The molecule has 2 aliphatic rings. The Morgan fingerprint density at radius 3 is 2.90 bits per heavy atom. The fraction of sp³-hybridized carbons (Fsp3) is 0.562. The van der Waals surface area contributed by atoms with Gasteiger partial charge in [-0.25, -0.2) is 0 Å². The molecule has 0 spiro atoms. The van der Waals surface area contributed by atoms with E-state index >= 15 is 0 Å². The molecule has 3 rings (SSSR count). The first-order valence-electron chi connectivity index (χ1n) is 7.51. The molecule has 1 aromatic carbocycles. The molecule has 4 heteroatoms. The first kappa shape index (κ1) is 13.9. The van der Waals surface area contributed by atoms with Crippen LogP contribution in [0.4, 0.5) is 0 Å². The van der Waals surface area contributed by atoms with Crippen molar-refractivity contribution in [1.29, 1.82) is 0 Å². The highest BCUT2D eigenvalue weighted by Crippen LogP contribution is 2.38. The lowest BCUT2D eigenvalue weighted by Gasteiger charge is -2.38. The average Bonchev–Trinajstić information content (AvgIpc) is 2.58. The molecule has 3 nitrogen and oxygen atoms in total. The summed E-state index contributed by atoms with van der Waals surface area (Å²) in [4.78, 5) is 11.9. The van der Waals surface area contributed by atoms with Crippen molar-refractivity contribution in [1.82, 2.24) is 10.6 Å². The lowest BCUT2D eigenvalue weighted by molar-refractivity contribution is -0.123. The van der Waals surface area contributed by atoms with Gasteiger partial charge in [0.05, 0.1) is 6.04 Å². The first-order chi connectivity index (χ1) is 9.72. The number of benzene rings is 1. The van der Waals surface area contributed by atoms with Gasteiger partial charge < -0.3 is 10.6 Å². The zero-order chi connectivity index (χ0) is 13.9. The van der Waals surface area contributed by atoms with Crippen LogP contribution in [0.2, 0.25) is 5.02 Å². The highest BCUT2D eigenvalue weighted by Gasteiger charge is 2.33. The SMILES string of the molecule is O=C1NCCCCC1NC1CC(c2cccc(Cl)c2)C1. The van der Waals surface area contributed by atoms with Crippen molar-refractivity contribution in [3.63, 3.8) is 0 Å². The van der Waals surface area contributed by atoms with Gasteiger partial charge in [0.25, 0.3) is 0 Å². The molecule has 20 heavy (non-hydrogen) atoms. The molecule has 1 atom stereocenters. The first-order valence-corrected chi connectivity index (χ1v) is 7.89. The van der Waals surface area contributed by atoms with Gasteiger partial charge in [0.2, 0.25) is 5.91 Å². The summed E-state index contributed by atoms with van der Waals surface area (Å²) in [6.45, 7) is 0.826. The van der Waals surface area contributed by atoms with Gasteiger partial charge in [-0.2, -0.15) is 0 Å². The molecule has 1 heterocycles. The molecule has 108 valence electrons. The minimum atomic E-state index is 0.00260. The van der Waals surface area contributed by atoms with Crippen LogP contribution in [-0.4, -0.2) is 24.5 Å². The van der Waals surface area contributed by atoms with E-state index in [2.05, 4.69) is 22.8 Å². The van der Waals surface area contributed by atoms with Gasteiger partial charge >= 0.3 is 0 Å². The van der Waals surface area contributed by atoms with Crippen LogP contribution in [0.15, 0.2) is 24.3 Å². The van der Waals surface area contributed by atoms with E-state index in [0.29, 0.717) is 12.0 Å². The fourth-order valence-corrected chi connectivity index (χ4v) is 3.37. The molecule has 0 radical (unpaired) electrons. The second kappa shape index (κ2) is 6.15. The van der Waals surface area contributed by atoms with E-state index in [0.717, 1.165) is 43.7 Å². The number of hydrogen-bond donors (Lipinski definition) is 2. The summed E-state index contributed by atoms with van der Waals surface area (Å²) < 4.78 is 0. The summed E-state index contributed by atoms with van der Waals surface area (Å²) in [5.74, 6) is 0.758. The second-order valence-corrected chi connectivity index (χ2v) is 6.36. The van der Waals surface area contributed by atoms with Crippen LogP contribution in [0.1, 0.15) is 43.6 Å². The Morgan fingerprint density at radius 1 is 1.25 bits per heavy atom. The van der Waals surface area contributed by atoms with Gasteiger partial charge in [-0.05, 0) is 55.7 Å². The van der Waals surface area contributed by atoms with Crippen LogP contribution in [0.3, 0.4) is 0 Å². The predicted octanol–water partition coefficient (Wildman–Crippen LogP) is 2.84. The normalized spacial score (nSPS) is 30.2. The summed E-state index contributed by atoms with van der Waals surface area (Å²) in [7, 11) is 0. The summed E-state index contributed by atoms with van der Waals surface area (Å²) >= 11 is 6.03. The van der Waals surface area contributed by atoms with Crippen molar-refractivity contribution in [2.24, 2.45) is 0 Å². The molecule has 1 saturated heterocycles. The minimum Gasteiger partial charge on any atom is -0.355 e. The van der Waals surface area contributed by atoms with Crippen molar-refractivity contribution < 1.29 is 4.79 Å². The Hall–Kier alpha value is -1.06. The summed E-state index contributed by atoms with van der Waals surface area (Å²) in [6, 6.07) is 8.59. The van der Waals surface area contributed by atoms with Gasteiger partial charge in [0.1, 0.15) is 0 Å². The van der Waals surface area contributed by atoms with E-state index < -0.39 is 0 Å². The van der Waals surface area contributed by atoms with E-state index in [9.17, 15) is 4.79 Å². The van der Waals surface area contributed by atoms with Gasteiger partial charge in [0, 0.05) is 17.6 Å². The maximum atomic E-state index is 11.9. The standard InChI is InChI=1S/C16H21ClN2O/c17-13-5-3-4-11(8-13)12-9-14(10-12)19-15-6-1-2-7-18-16(15)20/h3-5,8,12,14-15,19H,1-2,6-7,9-10H2,(H,18,20). The maximum Gasteiger partial charge on any atom is 0.237 e. The molecule has 1 saturated carbocycles. The van der Waals surface area contributed by atoms with Gasteiger partial charge in [-0.1, -0.05) is 23.7 Å². The van der Waals surface area contributed by atoms with Crippen LogP contribution >= 0.6 is 11.6 Å². The molecule has 0 aromatic heterocycles. The number of amides is 1. The molecular weight excluding hydrogens is 272 g/mol. The van der Waals surface area contributed by atoms with Gasteiger partial charge in [0.15, 0.2) is 0 Å². The van der Waals surface area contributed by atoms with Crippen LogP contribution < -0.4 is 10.6 Å². The molecular formula is C16H21ClN2O.